The van der Waals surface area contributed by atoms with Crippen molar-refractivity contribution in [3.05, 3.63) is 90.2 Å². The van der Waals surface area contributed by atoms with Crippen molar-refractivity contribution in [2.45, 2.75) is 19.8 Å². The number of nitrogens with zero attached hydrogens (tertiary/aromatic N) is 4. The van der Waals surface area contributed by atoms with Gasteiger partial charge >= 0.3 is 0 Å². The molecule has 200 valence electrons. The number of nitrogens with one attached hydrogen (secondary N) is 1. The Hall–Kier alpha value is -4.69. The molecule has 3 N–H and O–H groups in total. The fourth-order valence-electron chi connectivity index (χ4n) is 6.15. The molecule has 7 nitrogen and oxygen atoms in total. The van der Waals surface area contributed by atoms with Crippen LogP contribution >= 0.6 is 0 Å². The van der Waals surface area contributed by atoms with Crippen LogP contribution in [-0.2, 0) is 0 Å². The highest BCUT2D eigenvalue weighted by Crippen LogP contribution is 2.39. The molecule has 0 saturated carbocycles. The van der Waals surface area contributed by atoms with Crippen molar-refractivity contribution in [2.24, 2.45) is 5.73 Å². The fraction of sp³-hybridized carbons (Fsp3) is 0.188. The zero-order valence-electron chi connectivity index (χ0n) is 22.2. The summed E-state index contributed by atoms with van der Waals surface area (Å²) in [7, 11) is 0. The molecule has 0 atom stereocenters. The largest absolute Gasteiger partial charge is 0.366 e. The van der Waals surface area contributed by atoms with E-state index in [-0.39, 0.29) is 5.82 Å². The molecule has 1 fully saturated rings. The summed E-state index contributed by atoms with van der Waals surface area (Å²) >= 11 is 0. The van der Waals surface area contributed by atoms with Gasteiger partial charge in [0.05, 0.1) is 33.3 Å². The molecule has 40 heavy (non-hydrogen) atoms. The quantitative estimate of drug-likeness (QED) is 0.260. The third kappa shape index (κ3) is 3.83. The van der Waals surface area contributed by atoms with E-state index in [2.05, 4.69) is 50.8 Å². The van der Waals surface area contributed by atoms with Crippen LogP contribution in [0, 0.1) is 5.82 Å². The number of aromatic nitrogens is 3. The van der Waals surface area contributed by atoms with Gasteiger partial charge in [-0.15, -0.1) is 0 Å². The molecule has 3 heterocycles. The minimum absolute atomic E-state index is 0.303. The Balaban J connectivity index is 1.47. The predicted octanol–water partition coefficient (Wildman–Crippen LogP) is 6.40. The summed E-state index contributed by atoms with van der Waals surface area (Å²) < 4.78 is 16.1. The lowest BCUT2D eigenvalue weighted by molar-refractivity contribution is 0.1000. The number of fused-ring (bicyclic) bond motifs is 4. The second-order valence-corrected chi connectivity index (χ2v) is 10.2. The summed E-state index contributed by atoms with van der Waals surface area (Å²) in [6.07, 6.45) is 2.26. The molecule has 1 aliphatic heterocycles. The topological polar surface area (TPSA) is 83.2 Å². The van der Waals surface area contributed by atoms with E-state index in [0.717, 1.165) is 71.2 Å². The average Bonchev–Trinajstić information content (AvgIpc) is 3.71. The van der Waals surface area contributed by atoms with E-state index in [0.29, 0.717) is 22.4 Å². The lowest BCUT2D eigenvalue weighted by Crippen LogP contribution is -2.41. The van der Waals surface area contributed by atoms with E-state index in [1.54, 1.807) is 6.07 Å². The Morgan fingerprint density at radius 1 is 1.00 bits per heavy atom. The molecule has 4 aromatic carbocycles. The fourth-order valence-corrected chi connectivity index (χ4v) is 6.15. The SMILES string of the molecule is CCN(c1cc(-n2c3ccccc3c3c(-c4nc5ccc(F)cc5[nH]4)cccc32)ccc1C(N)=O)N1CCCC1. The number of primary amides is 1. The minimum atomic E-state index is -0.440. The van der Waals surface area contributed by atoms with Crippen LogP contribution in [0.25, 0.3) is 49.9 Å². The Bertz CT molecular complexity index is 1920. The number of aromatic amines is 1. The van der Waals surface area contributed by atoms with Crippen LogP contribution in [0.4, 0.5) is 10.1 Å². The predicted molar refractivity (Wildman–Crippen MR) is 158 cm³/mol. The maximum atomic E-state index is 13.9. The van der Waals surface area contributed by atoms with Gasteiger partial charge in [0.15, 0.2) is 0 Å². The van der Waals surface area contributed by atoms with Crippen molar-refractivity contribution in [1.29, 1.82) is 0 Å². The Kier molecular flexibility index (Phi) is 5.78. The summed E-state index contributed by atoms with van der Waals surface area (Å²) in [5.74, 6) is -0.0575. The lowest BCUT2D eigenvalue weighted by atomic mass is 10.1. The number of hydrogen-bond donors (Lipinski definition) is 2. The van der Waals surface area contributed by atoms with E-state index in [9.17, 15) is 9.18 Å². The number of hydrogen-bond acceptors (Lipinski definition) is 4. The molecule has 0 aliphatic carbocycles. The summed E-state index contributed by atoms with van der Waals surface area (Å²) in [6, 6.07) is 24.9. The molecule has 1 aliphatic rings. The van der Waals surface area contributed by atoms with Gasteiger partial charge in [-0.2, -0.15) is 0 Å². The number of carbonyl (C=O) groups is 1. The van der Waals surface area contributed by atoms with E-state index in [1.165, 1.54) is 12.1 Å². The van der Waals surface area contributed by atoms with Crippen molar-refractivity contribution >= 4 is 44.4 Å². The standard InChI is InChI=1S/C32H29FN6O/c1-2-38(37-16-5-6-17-37)29-19-21(13-14-23(29)31(34)40)39-27-10-4-3-8-22(27)30-24(9-7-11-28(30)39)32-35-25-15-12-20(33)18-26(25)36-32/h3-4,7-15,18-19H,2,5-6,16-17H2,1H3,(H2,34,40)(H,35,36). The first-order valence-electron chi connectivity index (χ1n) is 13.7. The van der Waals surface area contributed by atoms with Gasteiger partial charge in [0.1, 0.15) is 11.6 Å². The molecule has 0 bridgehead atoms. The van der Waals surface area contributed by atoms with Crippen LogP contribution in [0.1, 0.15) is 30.1 Å². The molecule has 6 aromatic rings. The van der Waals surface area contributed by atoms with Gasteiger partial charge in [-0.05, 0) is 68.3 Å². The van der Waals surface area contributed by atoms with Crippen LogP contribution in [0.3, 0.4) is 0 Å². The van der Waals surface area contributed by atoms with Crippen molar-refractivity contribution < 1.29 is 9.18 Å². The Morgan fingerprint density at radius 3 is 2.60 bits per heavy atom. The first kappa shape index (κ1) is 24.4. The molecule has 7 rings (SSSR count). The number of H-pyrrole nitrogens is 1. The monoisotopic (exact) mass is 532 g/mol. The van der Waals surface area contributed by atoms with Crippen LogP contribution in [-0.4, -0.2) is 45.1 Å². The first-order chi connectivity index (χ1) is 19.5. The lowest BCUT2D eigenvalue weighted by Gasteiger charge is -2.34. The van der Waals surface area contributed by atoms with Crippen molar-refractivity contribution in [2.75, 3.05) is 24.6 Å². The second kappa shape index (κ2) is 9.50. The highest BCUT2D eigenvalue weighted by atomic mass is 19.1. The van der Waals surface area contributed by atoms with Crippen molar-refractivity contribution in [1.82, 2.24) is 19.5 Å². The van der Waals surface area contributed by atoms with Crippen LogP contribution in [0.5, 0.6) is 0 Å². The first-order valence-corrected chi connectivity index (χ1v) is 13.7. The average molecular weight is 533 g/mol. The molecule has 0 radical (unpaired) electrons. The number of rotatable bonds is 6. The van der Waals surface area contributed by atoms with Gasteiger partial charge in [-0.25, -0.2) is 14.4 Å². The molecule has 0 spiro atoms. The van der Waals surface area contributed by atoms with Gasteiger partial charge in [-0.3, -0.25) is 4.79 Å². The number of hydrazine groups is 1. The second-order valence-electron chi connectivity index (χ2n) is 10.2. The number of carbonyl (C=O) groups excluding carboxylic acids is 1. The van der Waals surface area contributed by atoms with Gasteiger partial charge < -0.3 is 20.3 Å². The normalized spacial score (nSPS) is 14.1. The zero-order chi connectivity index (χ0) is 27.4. The van der Waals surface area contributed by atoms with Gasteiger partial charge in [-0.1, -0.05) is 30.3 Å². The molecular weight excluding hydrogens is 503 g/mol. The van der Waals surface area contributed by atoms with Crippen LogP contribution in [0.2, 0.25) is 0 Å². The molecule has 0 unspecified atom stereocenters. The zero-order valence-corrected chi connectivity index (χ0v) is 22.2. The Morgan fingerprint density at radius 2 is 1.80 bits per heavy atom. The van der Waals surface area contributed by atoms with Crippen molar-refractivity contribution in [3.8, 4) is 17.1 Å². The molecule has 2 aromatic heterocycles. The van der Waals surface area contributed by atoms with Gasteiger partial charge in [0.25, 0.3) is 5.91 Å². The number of imidazole rings is 1. The molecule has 8 heteroatoms. The highest BCUT2D eigenvalue weighted by Gasteiger charge is 2.24. The van der Waals surface area contributed by atoms with Gasteiger partial charge in [0, 0.05) is 41.7 Å². The molecule has 1 amide bonds. The highest BCUT2D eigenvalue weighted by molar-refractivity contribution is 6.15. The number of nitrogens with two attached hydrogens (primary N) is 1. The maximum absolute atomic E-state index is 13.9. The van der Waals surface area contributed by atoms with E-state index in [4.69, 9.17) is 10.7 Å². The molecule has 1 saturated heterocycles. The summed E-state index contributed by atoms with van der Waals surface area (Å²) in [5.41, 5.74) is 12.5. The van der Waals surface area contributed by atoms with E-state index >= 15 is 0 Å². The maximum Gasteiger partial charge on any atom is 0.250 e. The number of amides is 1. The van der Waals surface area contributed by atoms with Crippen LogP contribution in [0.15, 0.2) is 78.9 Å². The number of para-hydroxylation sites is 1. The van der Waals surface area contributed by atoms with Gasteiger partial charge in [0.2, 0.25) is 0 Å². The molecular formula is C32H29FN6O. The Labute approximate surface area is 230 Å². The minimum Gasteiger partial charge on any atom is -0.366 e. The number of halogens is 1. The third-order valence-corrected chi connectivity index (χ3v) is 7.90. The summed E-state index contributed by atoms with van der Waals surface area (Å²) in [4.78, 5) is 20.6. The van der Waals surface area contributed by atoms with Crippen molar-refractivity contribution in [3.63, 3.8) is 0 Å². The number of anilines is 1. The summed E-state index contributed by atoms with van der Waals surface area (Å²) in [6.45, 7) is 4.74. The van der Waals surface area contributed by atoms with E-state index in [1.807, 2.05) is 36.4 Å². The summed E-state index contributed by atoms with van der Waals surface area (Å²) in [5, 5.41) is 6.61. The third-order valence-electron chi connectivity index (χ3n) is 7.90. The smallest absolute Gasteiger partial charge is 0.250 e. The van der Waals surface area contributed by atoms with E-state index < -0.39 is 5.91 Å². The number of benzene rings is 4. The van der Waals surface area contributed by atoms with Crippen LogP contribution < -0.4 is 10.7 Å².